The summed E-state index contributed by atoms with van der Waals surface area (Å²) in [4.78, 5) is 0. The van der Waals surface area contributed by atoms with Gasteiger partial charge < -0.3 is 0 Å². The van der Waals surface area contributed by atoms with E-state index in [9.17, 15) is 0 Å². The fourth-order valence-electron chi connectivity index (χ4n) is 2.24. The van der Waals surface area contributed by atoms with E-state index in [1.807, 2.05) is 0 Å². The van der Waals surface area contributed by atoms with Gasteiger partial charge in [0.2, 0.25) is 0 Å². The smallest absolute Gasteiger partial charge is 0.0101 e. The molecule has 1 rings (SSSR count). The Morgan fingerprint density at radius 3 is 1.18 bits per heavy atom. The second-order valence-corrected chi connectivity index (χ2v) is 17.1. The van der Waals surface area contributed by atoms with Gasteiger partial charge >= 0.3 is 0 Å². The third kappa shape index (κ3) is 1.72. The van der Waals surface area contributed by atoms with Crippen molar-refractivity contribution in [3.63, 3.8) is 0 Å². The molecule has 70 valence electrons. The summed E-state index contributed by atoms with van der Waals surface area (Å²) in [6.45, 7) is 4.87. The molecule has 1 aliphatic rings. The highest BCUT2D eigenvalue weighted by Crippen LogP contribution is 2.81. The summed E-state index contributed by atoms with van der Waals surface area (Å²) < 4.78 is 0. The lowest BCUT2D eigenvalue weighted by molar-refractivity contribution is 0.496. The van der Waals surface area contributed by atoms with Crippen molar-refractivity contribution in [1.29, 1.82) is 0 Å². The largest absolute Gasteiger partial charge is 0.215 e. The van der Waals surface area contributed by atoms with E-state index in [2.05, 4.69) is 38.9 Å². The molecule has 0 aromatic rings. The molecule has 0 aliphatic carbocycles. The minimum absolute atomic E-state index is 0.249. The lowest BCUT2D eigenvalue weighted by Gasteiger charge is -2.45. The summed E-state index contributed by atoms with van der Waals surface area (Å²) >= 11 is 0. The second-order valence-electron chi connectivity index (χ2n) is 5.33. The van der Waals surface area contributed by atoms with E-state index in [1.54, 1.807) is 0 Å². The standard InChI is InChI=1S/C9H22S2/c1-9(2)7-10(3,4)11(5,6)8-9/h7-8H2,1-6H3. The molecule has 1 saturated heterocycles. The van der Waals surface area contributed by atoms with Crippen LogP contribution in [0.2, 0.25) is 0 Å². The van der Waals surface area contributed by atoms with Crippen LogP contribution in [0.25, 0.3) is 0 Å². The van der Waals surface area contributed by atoms with Crippen LogP contribution >= 0.6 is 18.1 Å². The van der Waals surface area contributed by atoms with Gasteiger partial charge in [-0.1, -0.05) is 13.8 Å². The molecule has 2 heteroatoms. The zero-order valence-electron chi connectivity index (χ0n) is 8.73. The Bertz CT molecular complexity index is 150. The maximum Gasteiger partial charge on any atom is -0.0101 e. The first-order chi connectivity index (χ1) is 4.66. The van der Waals surface area contributed by atoms with E-state index in [0.29, 0.717) is 5.41 Å². The first kappa shape index (κ1) is 9.79. The summed E-state index contributed by atoms with van der Waals surface area (Å²) in [7, 11) is -0.498. The maximum atomic E-state index is 2.52. The number of rotatable bonds is 0. The minimum Gasteiger partial charge on any atom is -0.215 e. The average Bonchev–Trinajstić information content (AvgIpc) is 1.66. The Labute approximate surface area is 74.2 Å². The Hall–Kier alpha value is 0.700. The van der Waals surface area contributed by atoms with Gasteiger partial charge in [0, 0.05) is 0 Å². The molecule has 0 nitrogen and oxygen atoms in total. The molecule has 0 spiro atoms. The van der Waals surface area contributed by atoms with Crippen molar-refractivity contribution in [1.82, 2.24) is 0 Å². The highest BCUT2D eigenvalue weighted by Gasteiger charge is 2.43. The van der Waals surface area contributed by atoms with Crippen LogP contribution in [0.4, 0.5) is 0 Å². The molecule has 0 radical (unpaired) electrons. The molecular formula is C9H22S2. The van der Waals surface area contributed by atoms with Gasteiger partial charge in [-0.2, -0.15) is 0 Å². The molecule has 0 N–H and O–H groups in total. The SMILES string of the molecule is CC1(C)CS(C)(C)S(C)(C)C1. The van der Waals surface area contributed by atoms with Gasteiger partial charge in [-0.05, 0) is 41.9 Å². The zero-order valence-corrected chi connectivity index (χ0v) is 10.4. The van der Waals surface area contributed by atoms with E-state index < -0.39 is 0 Å². The Balaban J connectivity index is 2.89. The summed E-state index contributed by atoms with van der Waals surface area (Å²) in [6, 6.07) is 0. The molecule has 1 aliphatic heterocycles. The monoisotopic (exact) mass is 194 g/mol. The van der Waals surface area contributed by atoms with Gasteiger partial charge in [-0.15, -0.1) is 0 Å². The van der Waals surface area contributed by atoms with Gasteiger partial charge in [0.15, 0.2) is 0 Å². The molecule has 11 heavy (non-hydrogen) atoms. The quantitative estimate of drug-likeness (QED) is 0.520. The predicted octanol–water partition coefficient (Wildman–Crippen LogP) is 3.07. The summed E-state index contributed by atoms with van der Waals surface area (Å²) in [5, 5.41) is 0. The first-order valence-electron chi connectivity index (χ1n) is 4.08. The van der Waals surface area contributed by atoms with Crippen molar-refractivity contribution in [3.8, 4) is 0 Å². The number of hydrogen-bond donors (Lipinski definition) is 0. The fourth-order valence-corrected chi connectivity index (χ4v) is 10.8. The molecule has 0 bridgehead atoms. The minimum atomic E-state index is -0.249. The van der Waals surface area contributed by atoms with Crippen LogP contribution < -0.4 is 0 Å². The highest BCUT2D eigenvalue weighted by molar-refractivity contribution is 9.08. The zero-order chi connectivity index (χ0) is 8.91. The van der Waals surface area contributed by atoms with Crippen LogP contribution in [0.1, 0.15) is 13.8 Å². The molecule has 0 unspecified atom stereocenters. The average molecular weight is 194 g/mol. The van der Waals surface area contributed by atoms with Crippen LogP contribution in [-0.4, -0.2) is 36.5 Å². The van der Waals surface area contributed by atoms with Crippen LogP contribution in [0.15, 0.2) is 0 Å². The summed E-state index contributed by atoms with van der Waals surface area (Å²) in [5.74, 6) is 2.98. The normalized spacial score (nSPS) is 38.0. The van der Waals surface area contributed by atoms with Crippen molar-refractivity contribution in [2.75, 3.05) is 36.5 Å². The van der Waals surface area contributed by atoms with Gasteiger partial charge in [0.05, 0.1) is 0 Å². The molecule has 0 amide bonds. The molecule has 0 atom stereocenters. The number of hydrogen-bond acceptors (Lipinski definition) is 0. The topological polar surface area (TPSA) is 0 Å². The predicted molar refractivity (Wildman–Crippen MR) is 62.4 cm³/mol. The third-order valence-electron chi connectivity index (χ3n) is 2.70. The van der Waals surface area contributed by atoms with Crippen LogP contribution in [0, 0.1) is 5.41 Å². The summed E-state index contributed by atoms with van der Waals surface area (Å²) in [5.41, 5.74) is 0.637. The molecule has 1 fully saturated rings. The molecule has 0 aromatic heterocycles. The van der Waals surface area contributed by atoms with Crippen molar-refractivity contribution < 1.29 is 0 Å². The molecule has 0 saturated carbocycles. The van der Waals surface area contributed by atoms with Crippen molar-refractivity contribution in [2.24, 2.45) is 5.41 Å². The maximum absolute atomic E-state index is 2.52. The van der Waals surface area contributed by atoms with Gasteiger partial charge in [-0.3, -0.25) is 0 Å². The third-order valence-corrected chi connectivity index (χ3v) is 16.1. The Morgan fingerprint density at radius 2 is 1.09 bits per heavy atom. The highest BCUT2D eigenvalue weighted by atomic mass is 33.2. The van der Waals surface area contributed by atoms with Crippen LogP contribution in [0.3, 0.4) is 0 Å². The van der Waals surface area contributed by atoms with Crippen LogP contribution in [-0.2, 0) is 0 Å². The Kier molecular flexibility index (Phi) is 2.09. The Morgan fingerprint density at radius 1 is 0.818 bits per heavy atom. The van der Waals surface area contributed by atoms with E-state index in [-0.39, 0.29) is 18.1 Å². The first-order valence-corrected chi connectivity index (χ1v) is 9.84. The van der Waals surface area contributed by atoms with Crippen molar-refractivity contribution in [3.05, 3.63) is 0 Å². The molecular weight excluding hydrogens is 172 g/mol. The van der Waals surface area contributed by atoms with E-state index in [4.69, 9.17) is 0 Å². The lowest BCUT2D eigenvalue weighted by Crippen LogP contribution is -2.14. The lowest BCUT2D eigenvalue weighted by atomic mass is 10.0. The fraction of sp³-hybridized carbons (Fsp3) is 1.00. The van der Waals surface area contributed by atoms with Crippen molar-refractivity contribution >= 4 is 18.1 Å². The van der Waals surface area contributed by atoms with E-state index >= 15 is 0 Å². The molecule has 0 aromatic carbocycles. The van der Waals surface area contributed by atoms with Crippen molar-refractivity contribution in [2.45, 2.75) is 13.8 Å². The van der Waals surface area contributed by atoms with E-state index in [1.165, 1.54) is 11.5 Å². The molecule has 1 heterocycles. The van der Waals surface area contributed by atoms with Gasteiger partial charge in [0.1, 0.15) is 0 Å². The summed E-state index contributed by atoms with van der Waals surface area (Å²) in [6.07, 6.45) is 10.1. The van der Waals surface area contributed by atoms with Gasteiger partial charge in [0.25, 0.3) is 0 Å². The van der Waals surface area contributed by atoms with Crippen LogP contribution in [0.5, 0.6) is 0 Å². The van der Waals surface area contributed by atoms with Gasteiger partial charge in [-0.25, -0.2) is 18.1 Å². The second kappa shape index (κ2) is 2.35. The van der Waals surface area contributed by atoms with E-state index in [0.717, 1.165) is 0 Å².